The zero-order valence-electron chi connectivity index (χ0n) is 12.4. The molecule has 0 aliphatic carbocycles. The van der Waals surface area contributed by atoms with Gasteiger partial charge < -0.3 is 5.32 Å². The summed E-state index contributed by atoms with van der Waals surface area (Å²) in [4.78, 5) is 12.2. The van der Waals surface area contributed by atoms with Gasteiger partial charge in [0.05, 0.1) is 17.0 Å². The number of carbonyl (C=O) groups excluding carboxylic acids is 1. The minimum absolute atomic E-state index is 0.0123. The first-order chi connectivity index (χ1) is 11.2. The van der Waals surface area contributed by atoms with Gasteiger partial charge in [-0.25, -0.2) is 12.8 Å². The summed E-state index contributed by atoms with van der Waals surface area (Å²) in [7, 11) is -3.53. The van der Waals surface area contributed by atoms with Gasteiger partial charge in [-0.3, -0.25) is 9.52 Å². The molecule has 0 bridgehead atoms. The average Bonchev–Trinajstić information content (AvgIpc) is 2.48. The molecule has 0 saturated carbocycles. The molecule has 0 atom stereocenters. The van der Waals surface area contributed by atoms with Crippen LogP contribution in [0.2, 0.25) is 5.02 Å². The summed E-state index contributed by atoms with van der Waals surface area (Å²) in [6.07, 6.45) is 0.978. The molecule has 0 aliphatic heterocycles. The average molecular weight is 436 g/mol. The highest BCUT2D eigenvalue weighted by Crippen LogP contribution is 2.24. The molecular weight excluding hydrogens is 423 g/mol. The molecule has 2 aromatic rings. The molecule has 0 aliphatic rings. The van der Waals surface area contributed by atoms with Gasteiger partial charge in [-0.2, -0.15) is 0 Å². The van der Waals surface area contributed by atoms with Gasteiger partial charge in [-0.15, -0.1) is 0 Å². The van der Waals surface area contributed by atoms with Crippen LogP contribution in [-0.2, 0) is 16.6 Å². The Kier molecular flexibility index (Phi) is 5.84. The first-order valence-corrected chi connectivity index (χ1v) is 9.71. The number of amides is 1. The van der Waals surface area contributed by atoms with Gasteiger partial charge in [0, 0.05) is 22.1 Å². The number of rotatable bonds is 5. The van der Waals surface area contributed by atoms with Crippen LogP contribution in [0.1, 0.15) is 15.9 Å². The minimum atomic E-state index is -3.53. The first kappa shape index (κ1) is 18.7. The van der Waals surface area contributed by atoms with Crippen LogP contribution in [-0.4, -0.2) is 20.6 Å². The molecular formula is C15H13BrClFN2O3S. The molecule has 0 aromatic heterocycles. The van der Waals surface area contributed by atoms with E-state index in [1.807, 2.05) is 0 Å². The molecule has 2 N–H and O–H groups in total. The van der Waals surface area contributed by atoms with Crippen molar-refractivity contribution < 1.29 is 17.6 Å². The second kappa shape index (κ2) is 7.50. The van der Waals surface area contributed by atoms with E-state index >= 15 is 0 Å². The van der Waals surface area contributed by atoms with Crippen molar-refractivity contribution in [3.63, 3.8) is 0 Å². The van der Waals surface area contributed by atoms with Crippen LogP contribution < -0.4 is 10.0 Å². The maximum absolute atomic E-state index is 13.7. The Morgan fingerprint density at radius 3 is 2.62 bits per heavy atom. The van der Waals surface area contributed by atoms with Crippen LogP contribution in [0.3, 0.4) is 0 Å². The molecule has 1 amide bonds. The number of carbonyl (C=O) groups is 1. The number of sulfonamides is 1. The monoisotopic (exact) mass is 434 g/mol. The van der Waals surface area contributed by atoms with Gasteiger partial charge in [0.1, 0.15) is 5.82 Å². The van der Waals surface area contributed by atoms with E-state index in [0.29, 0.717) is 10.0 Å². The van der Waals surface area contributed by atoms with Gasteiger partial charge in [0.15, 0.2) is 0 Å². The topological polar surface area (TPSA) is 75.3 Å². The standard InChI is InChI=1S/C15H13BrClFN2O3S/c1-24(22,23)20-14-7-9(2-4-12(14)17)15(21)19-8-10-6-11(16)3-5-13(10)18/h2-7,20H,8H2,1H3,(H,19,21). The second-order valence-corrected chi connectivity index (χ2v) is 8.06. The van der Waals surface area contributed by atoms with Crippen LogP contribution in [0.25, 0.3) is 0 Å². The fraction of sp³-hybridized carbons (Fsp3) is 0.133. The first-order valence-electron chi connectivity index (χ1n) is 6.65. The van der Waals surface area contributed by atoms with Crippen molar-refractivity contribution in [2.75, 3.05) is 11.0 Å². The van der Waals surface area contributed by atoms with Crippen molar-refractivity contribution in [3.8, 4) is 0 Å². The normalized spacial score (nSPS) is 11.2. The van der Waals surface area contributed by atoms with E-state index in [9.17, 15) is 17.6 Å². The van der Waals surface area contributed by atoms with Crippen LogP contribution in [0.5, 0.6) is 0 Å². The second-order valence-electron chi connectivity index (χ2n) is 4.99. The van der Waals surface area contributed by atoms with Crippen LogP contribution in [0, 0.1) is 5.82 Å². The SMILES string of the molecule is CS(=O)(=O)Nc1cc(C(=O)NCc2cc(Br)ccc2F)ccc1Cl. The van der Waals surface area contributed by atoms with Crippen LogP contribution in [0.4, 0.5) is 10.1 Å². The number of benzene rings is 2. The van der Waals surface area contributed by atoms with E-state index in [0.717, 1.165) is 6.26 Å². The highest BCUT2D eigenvalue weighted by Gasteiger charge is 2.12. The molecule has 0 saturated heterocycles. The number of nitrogens with one attached hydrogen (secondary N) is 2. The molecule has 128 valence electrons. The minimum Gasteiger partial charge on any atom is -0.348 e. The quantitative estimate of drug-likeness (QED) is 0.754. The van der Waals surface area contributed by atoms with Crippen LogP contribution in [0.15, 0.2) is 40.9 Å². The molecule has 24 heavy (non-hydrogen) atoms. The van der Waals surface area contributed by atoms with Gasteiger partial charge in [0.2, 0.25) is 10.0 Å². The Morgan fingerprint density at radius 1 is 1.25 bits per heavy atom. The van der Waals surface area contributed by atoms with Crippen molar-refractivity contribution in [2.24, 2.45) is 0 Å². The maximum atomic E-state index is 13.7. The van der Waals surface area contributed by atoms with Crippen molar-refractivity contribution in [2.45, 2.75) is 6.54 Å². The summed E-state index contributed by atoms with van der Waals surface area (Å²) in [5.41, 5.74) is 0.614. The number of anilines is 1. The Labute approximate surface area is 152 Å². The number of hydrogen-bond acceptors (Lipinski definition) is 3. The van der Waals surface area contributed by atoms with Gasteiger partial charge in [0.25, 0.3) is 5.91 Å². The number of hydrogen-bond donors (Lipinski definition) is 2. The Morgan fingerprint density at radius 2 is 1.96 bits per heavy atom. The van der Waals surface area contributed by atoms with Crippen LogP contribution >= 0.6 is 27.5 Å². The van der Waals surface area contributed by atoms with Gasteiger partial charge in [-0.1, -0.05) is 27.5 Å². The number of halogens is 3. The molecule has 2 rings (SSSR count). The molecule has 0 fully saturated rings. The van der Waals surface area contributed by atoms with Gasteiger partial charge >= 0.3 is 0 Å². The molecule has 0 unspecified atom stereocenters. The van der Waals surface area contributed by atoms with Crippen molar-refractivity contribution in [1.29, 1.82) is 0 Å². The fourth-order valence-electron chi connectivity index (χ4n) is 1.90. The maximum Gasteiger partial charge on any atom is 0.251 e. The third-order valence-corrected chi connectivity index (χ3v) is 4.38. The van der Waals surface area contributed by atoms with Gasteiger partial charge in [-0.05, 0) is 36.4 Å². The summed E-state index contributed by atoms with van der Waals surface area (Å²) in [5.74, 6) is -0.920. The highest BCUT2D eigenvalue weighted by atomic mass is 79.9. The van der Waals surface area contributed by atoms with E-state index in [1.165, 1.54) is 24.3 Å². The third kappa shape index (κ3) is 5.19. The predicted molar refractivity (Wildman–Crippen MR) is 95.2 cm³/mol. The lowest BCUT2D eigenvalue weighted by molar-refractivity contribution is 0.0950. The molecule has 0 heterocycles. The summed E-state index contributed by atoms with van der Waals surface area (Å²) in [6.45, 7) is -0.0123. The lowest BCUT2D eigenvalue weighted by atomic mass is 10.1. The molecule has 2 aromatic carbocycles. The zero-order chi connectivity index (χ0) is 17.9. The highest BCUT2D eigenvalue weighted by molar-refractivity contribution is 9.10. The molecule has 0 radical (unpaired) electrons. The van der Waals surface area contributed by atoms with Crippen molar-refractivity contribution in [1.82, 2.24) is 5.32 Å². The van der Waals surface area contributed by atoms with E-state index < -0.39 is 21.7 Å². The fourth-order valence-corrected chi connectivity index (χ4v) is 3.10. The summed E-state index contributed by atoms with van der Waals surface area (Å²) in [5, 5.41) is 2.73. The van der Waals surface area contributed by atoms with E-state index in [4.69, 9.17) is 11.6 Å². The lowest BCUT2D eigenvalue weighted by Crippen LogP contribution is -2.23. The Hall–Kier alpha value is -1.64. The zero-order valence-corrected chi connectivity index (χ0v) is 15.6. The van der Waals surface area contributed by atoms with E-state index in [1.54, 1.807) is 12.1 Å². The Balaban J connectivity index is 2.15. The smallest absolute Gasteiger partial charge is 0.251 e. The third-order valence-electron chi connectivity index (χ3n) is 2.97. The Bertz CT molecular complexity index is 890. The molecule has 9 heteroatoms. The van der Waals surface area contributed by atoms with E-state index in [2.05, 4.69) is 26.0 Å². The molecule has 5 nitrogen and oxygen atoms in total. The van der Waals surface area contributed by atoms with E-state index in [-0.39, 0.29) is 22.8 Å². The summed E-state index contributed by atoms with van der Waals surface area (Å²) in [6, 6.07) is 8.58. The lowest BCUT2D eigenvalue weighted by Gasteiger charge is -2.10. The largest absolute Gasteiger partial charge is 0.348 e. The van der Waals surface area contributed by atoms with Crippen molar-refractivity contribution in [3.05, 3.63) is 62.8 Å². The summed E-state index contributed by atoms with van der Waals surface area (Å²) < 4.78 is 39.2. The molecule has 0 spiro atoms. The summed E-state index contributed by atoms with van der Waals surface area (Å²) >= 11 is 9.14. The predicted octanol–water partition coefficient (Wildman–Crippen LogP) is 3.54. The van der Waals surface area contributed by atoms with Crippen molar-refractivity contribution >= 4 is 49.1 Å².